The number of phenols is 2. The van der Waals surface area contributed by atoms with E-state index in [1.54, 1.807) is 6.07 Å². The molecule has 2 aromatic rings. The van der Waals surface area contributed by atoms with Crippen LogP contribution < -0.4 is 10.6 Å². The van der Waals surface area contributed by atoms with Crippen LogP contribution in [0, 0.1) is 17.7 Å². The molecule has 4 aliphatic rings. The molecule has 6 rings (SSSR count). The number of rotatable bonds is 3. The van der Waals surface area contributed by atoms with Crippen LogP contribution in [0.3, 0.4) is 0 Å². The number of benzene rings is 2. The molecule has 1 spiro atoms. The predicted molar refractivity (Wildman–Crippen MR) is 118 cm³/mol. The van der Waals surface area contributed by atoms with Crippen LogP contribution in [0.2, 0.25) is 0 Å². The molecule has 9 heteroatoms. The number of aromatic hydroxyl groups is 2. The zero-order valence-electron chi connectivity index (χ0n) is 18.3. The van der Waals surface area contributed by atoms with Crippen molar-refractivity contribution in [1.82, 2.24) is 10.2 Å². The average Bonchev–Trinajstić information content (AvgIpc) is 3.54. The zero-order valence-corrected chi connectivity index (χ0v) is 18.3. The molecular formula is C25H24FN3O5. The summed E-state index contributed by atoms with van der Waals surface area (Å²) in [7, 11) is 0. The van der Waals surface area contributed by atoms with Crippen molar-refractivity contribution in [2.75, 3.05) is 5.32 Å². The van der Waals surface area contributed by atoms with Gasteiger partial charge >= 0.3 is 0 Å². The molecule has 3 heterocycles. The van der Waals surface area contributed by atoms with Gasteiger partial charge in [0.15, 0.2) is 11.5 Å². The van der Waals surface area contributed by atoms with Gasteiger partial charge in [-0.2, -0.15) is 0 Å². The molecule has 1 saturated carbocycles. The van der Waals surface area contributed by atoms with Crippen LogP contribution in [0.5, 0.6) is 11.5 Å². The van der Waals surface area contributed by atoms with Gasteiger partial charge in [-0.3, -0.25) is 24.6 Å². The molecule has 4 N–H and O–H groups in total. The number of likely N-dealkylation sites (tertiary alicyclic amines) is 1. The Balaban J connectivity index is 1.47. The topological polar surface area (TPSA) is 119 Å². The van der Waals surface area contributed by atoms with E-state index in [1.807, 2.05) is 0 Å². The van der Waals surface area contributed by atoms with Gasteiger partial charge in [-0.25, -0.2) is 4.39 Å². The van der Waals surface area contributed by atoms with E-state index in [0.717, 1.165) is 25.7 Å². The molecule has 34 heavy (non-hydrogen) atoms. The molecule has 3 amide bonds. The predicted octanol–water partition coefficient (Wildman–Crippen LogP) is 2.14. The third kappa shape index (κ3) is 2.76. The minimum Gasteiger partial charge on any atom is -0.504 e. The van der Waals surface area contributed by atoms with E-state index in [4.69, 9.17) is 0 Å². The Morgan fingerprint density at radius 1 is 1.00 bits per heavy atom. The molecule has 4 atom stereocenters. The molecule has 176 valence electrons. The molecule has 0 bridgehead atoms. The highest BCUT2D eigenvalue weighted by Gasteiger charge is 2.71. The zero-order chi connectivity index (χ0) is 23.8. The summed E-state index contributed by atoms with van der Waals surface area (Å²) in [6.07, 6.45) is 3.58. The second-order valence-electron chi connectivity index (χ2n) is 9.72. The van der Waals surface area contributed by atoms with Crippen molar-refractivity contribution in [2.24, 2.45) is 11.8 Å². The van der Waals surface area contributed by atoms with Crippen molar-refractivity contribution in [3.63, 3.8) is 0 Å². The second-order valence-corrected chi connectivity index (χ2v) is 9.72. The molecule has 3 fully saturated rings. The van der Waals surface area contributed by atoms with E-state index in [1.165, 1.54) is 35.2 Å². The van der Waals surface area contributed by atoms with Crippen molar-refractivity contribution >= 4 is 23.4 Å². The quantitative estimate of drug-likeness (QED) is 0.408. The number of halogens is 1. The summed E-state index contributed by atoms with van der Waals surface area (Å²) in [4.78, 5) is 42.3. The Labute approximate surface area is 194 Å². The van der Waals surface area contributed by atoms with Crippen LogP contribution in [0.25, 0.3) is 0 Å². The fourth-order valence-electron chi connectivity index (χ4n) is 6.44. The van der Waals surface area contributed by atoms with Gasteiger partial charge in [-0.05, 0) is 55.2 Å². The van der Waals surface area contributed by atoms with E-state index in [9.17, 15) is 29.0 Å². The van der Waals surface area contributed by atoms with Crippen LogP contribution in [0.4, 0.5) is 10.1 Å². The minimum absolute atomic E-state index is 0.183. The largest absolute Gasteiger partial charge is 0.504 e. The summed E-state index contributed by atoms with van der Waals surface area (Å²) in [5.74, 6) is -4.10. The molecular weight excluding hydrogens is 441 g/mol. The maximum absolute atomic E-state index is 14.3. The number of fused-ring (bicyclic) bond motifs is 4. The Bertz CT molecular complexity index is 1240. The highest BCUT2D eigenvalue weighted by Crippen LogP contribution is 2.54. The second kappa shape index (κ2) is 7.27. The summed E-state index contributed by atoms with van der Waals surface area (Å²) in [5.41, 5.74) is -0.189. The lowest BCUT2D eigenvalue weighted by Crippen LogP contribution is -2.54. The highest BCUT2D eigenvalue weighted by molar-refractivity contribution is 6.15. The van der Waals surface area contributed by atoms with Crippen LogP contribution in [0.15, 0.2) is 36.4 Å². The fourth-order valence-corrected chi connectivity index (χ4v) is 6.44. The third-order valence-electron chi connectivity index (χ3n) is 7.90. The van der Waals surface area contributed by atoms with Crippen LogP contribution in [-0.4, -0.2) is 44.9 Å². The van der Waals surface area contributed by atoms with Crippen LogP contribution in [0.1, 0.15) is 36.8 Å². The Kier molecular flexibility index (Phi) is 4.51. The van der Waals surface area contributed by atoms with Gasteiger partial charge in [0.1, 0.15) is 11.4 Å². The lowest BCUT2D eigenvalue weighted by atomic mass is 9.76. The van der Waals surface area contributed by atoms with Gasteiger partial charge in [0.05, 0.1) is 11.8 Å². The summed E-state index contributed by atoms with van der Waals surface area (Å²) < 4.78 is 14.3. The normalized spacial score (nSPS) is 30.3. The maximum atomic E-state index is 14.3. The van der Waals surface area contributed by atoms with E-state index in [-0.39, 0.29) is 29.9 Å². The molecule has 8 nitrogen and oxygen atoms in total. The lowest BCUT2D eigenvalue weighted by Gasteiger charge is -2.31. The average molecular weight is 465 g/mol. The van der Waals surface area contributed by atoms with Gasteiger partial charge in [0.2, 0.25) is 17.7 Å². The van der Waals surface area contributed by atoms with Crippen LogP contribution in [-0.2, 0) is 26.3 Å². The number of carbonyl (C=O) groups is 3. The third-order valence-corrected chi connectivity index (χ3v) is 7.90. The minimum atomic E-state index is -1.56. The monoisotopic (exact) mass is 465 g/mol. The maximum Gasteiger partial charge on any atom is 0.250 e. The highest BCUT2D eigenvalue weighted by atomic mass is 19.1. The first kappa shape index (κ1) is 21.1. The lowest BCUT2D eigenvalue weighted by molar-refractivity contribution is -0.145. The molecule has 1 aliphatic carbocycles. The number of nitrogens with one attached hydrogen (secondary N) is 2. The van der Waals surface area contributed by atoms with Gasteiger partial charge in [0, 0.05) is 23.3 Å². The summed E-state index contributed by atoms with van der Waals surface area (Å²) in [5, 5.41) is 25.6. The number of phenolic OH excluding ortho intramolecular Hbond substituents is 2. The van der Waals surface area contributed by atoms with E-state index in [0.29, 0.717) is 16.8 Å². The fraction of sp³-hybridized carbons (Fsp3) is 0.400. The van der Waals surface area contributed by atoms with Crippen molar-refractivity contribution < 1.29 is 29.0 Å². The van der Waals surface area contributed by atoms with Crippen molar-refractivity contribution in [3.05, 3.63) is 53.3 Å². The number of amides is 3. The van der Waals surface area contributed by atoms with Crippen molar-refractivity contribution in [3.8, 4) is 11.5 Å². The number of nitrogens with zero attached hydrogens (tertiary/aromatic N) is 1. The van der Waals surface area contributed by atoms with E-state index in [2.05, 4.69) is 10.6 Å². The van der Waals surface area contributed by atoms with E-state index >= 15 is 0 Å². The Hall–Kier alpha value is -3.46. The summed E-state index contributed by atoms with van der Waals surface area (Å²) in [6, 6.07) is 7.54. The Morgan fingerprint density at radius 2 is 1.76 bits per heavy atom. The first-order chi connectivity index (χ1) is 16.3. The smallest absolute Gasteiger partial charge is 0.250 e. The molecule has 3 aliphatic heterocycles. The molecule has 0 radical (unpaired) electrons. The van der Waals surface area contributed by atoms with E-state index < -0.39 is 41.0 Å². The number of hydrogen-bond acceptors (Lipinski definition) is 6. The van der Waals surface area contributed by atoms with Crippen molar-refractivity contribution in [2.45, 2.75) is 49.7 Å². The molecule has 2 saturated heterocycles. The summed E-state index contributed by atoms with van der Waals surface area (Å²) >= 11 is 0. The van der Waals surface area contributed by atoms with Gasteiger partial charge in [-0.1, -0.05) is 18.9 Å². The SMILES string of the molecule is O=C1[C@H]2[C@@H](C(=O)N1C1CCCC1)[C@]1(N[C@@H]2Cc2ccc(O)c(O)c2)C(=O)Nc2ccc(F)cc21. The van der Waals surface area contributed by atoms with Gasteiger partial charge < -0.3 is 15.5 Å². The number of hydrogen-bond donors (Lipinski definition) is 4. The summed E-state index contributed by atoms with van der Waals surface area (Å²) in [6.45, 7) is 0. The van der Waals surface area contributed by atoms with Gasteiger partial charge in [0.25, 0.3) is 0 Å². The van der Waals surface area contributed by atoms with Gasteiger partial charge in [-0.15, -0.1) is 0 Å². The first-order valence-electron chi connectivity index (χ1n) is 11.6. The first-order valence-corrected chi connectivity index (χ1v) is 11.6. The van der Waals surface area contributed by atoms with Crippen molar-refractivity contribution in [1.29, 1.82) is 0 Å². The molecule has 2 aromatic carbocycles. The number of carbonyl (C=O) groups excluding carboxylic acids is 3. The number of imide groups is 1. The van der Waals surface area contributed by atoms with Crippen LogP contribution >= 0.6 is 0 Å². The number of anilines is 1. The molecule has 0 aromatic heterocycles. The Morgan fingerprint density at radius 3 is 2.50 bits per heavy atom. The standard InChI is InChI=1S/C25H24FN3O5/c26-13-6-7-16-15(11-13)25(24(34)27-16)21-20(22(32)29(23(21)33)14-3-1-2-4-14)17(28-25)9-12-5-8-18(30)19(31)10-12/h5-8,10-11,14,17,20-21,28,30-31H,1-4,9H2,(H,27,34)/t17-,20-,21+,25+/m1/s1. The molecule has 0 unspecified atom stereocenters.